The number of carbonyl (C=O) groups excluding carboxylic acids is 2. The van der Waals surface area contributed by atoms with E-state index in [1.54, 1.807) is 0 Å². The van der Waals surface area contributed by atoms with Crippen molar-refractivity contribution < 1.29 is 19.1 Å². The molecule has 3 rings (SSSR count). The van der Waals surface area contributed by atoms with E-state index in [-0.39, 0.29) is 24.1 Å². The Balaban J connectivity index is 1.67. The molecule has 1 aromatic rings. The molecule has 0 radical (unpaired) electrons. The molecule has 0 bridgehead atoms. The predicted molar refractivity (Wildman–Crippen MR) is 152 cm³/mol. The summed E-state index contributed by atoms with van der Waals surface area (Å²) in [5.41, 5.74) is 0.995. The van der Waals surface area contributed by atoms with E-state index in [1.165, 1.54) is 39.2 Å². The number of piperidine rings is 1. The molecule has 3 atom stereocenters. The highest BCUT2D eigenvalue weighted by Gasteiger charge is 2.33. The summed E-state index contributed by atoms with van der Waals surface area (Å²) in [5, 5.41) is 6.81. The smallest absolute Gasteiger partial charge is 0.406 e. The van der Waals surface area contributed by atoms with Crippen molar-refractivity contribution in [2.75, 3.05) is 33.4 Å². The van der Waals surface area contributed by atoms with Crippen molar-refractivity contribution in [2.45, 2.75) is 90.2 Å². The number of nitrogens with one attached hydrogen (secondary N) is 2. The van der Waals surface area contributed by atoms with E-state index in [1.807, 2.05) is 29.2 Å². The van der Waals surface area contributed by atoms with Crippen molar-refractivity contribution in [1.82, 2.24) is 15.5 Å². The lowest BCUT2D eigenvalue weighted by Crippen LogP contribution is -2.51. The Labute approximate surface area is 234 Å². The van der Waals surface area contributed by atoms with Crippen molar-refractivity contribution in [1.29, 1.82) is 0 Å². The van der Waals surface area contributed by atoms with Gasteiger partial charge in [-0.1, -0.05) is 82.5 Å². The van der Waals surface area contributed by atoms with Crippen LogP contribution in [-0.2, 0) is 9.47 Å². The number of urea groups is 1. The van der Waals surface area contributed by atoms with Gasteiger partial charge >= 0.3 is 12.1 Å². The van der Waals surface area contributed by atoms with Gasteiger partial charge in [0.15, 0.2) is 0 Å². The number of carbonyl (C=O) groups is 2. The molecule has 8 heteroatoms. The standard InChI is InChI=1S/C30H48ClN3O4/c1-4-23(5-2)27(19-22-11-7-6-8-12-22)33-29(35)34-17-10-14-25(21-34)28(24-13-9-15-26(31)20-24)38-18-16-32-30(36)37-3/h9,13,15,20,22-23,25,27-28H,4-8,10-12,14,16-19,21H2,1-3H3,(H,32,36)(H,33,35)/t25-,27+,28+/m1/s1. The highest BCUT2D eigenvalue weighted by molar-refractivity contribution is 6.30. The van der Waals surface area contributed by atoms with Gasteiger partial charge in [-0.2, -0.15) is 0 Å². The van der Waals surface area contributed by atoms with Crippen LogP contribution in [0.25, 0.3) is 0 Å². The van der Waals surface area contributed by atoms with Gasteiger partial charge < -0.3 is 25.0 Å². The zero-order chi connectivity index (χ0) is 27.3. The monoisotopic (exact) mass is 549 g/mol. The van der Waals surface area contributed by atoms with E-state index >= 15 is 0 Å². The lowest BCUT2D eigenvalue weighted by molar-refractivity contribution is -0.00878. The Morgan fingerprint density at radius 1 is 1.11 bits per heavy atom. The second kappa shape index (κ2) is 16.2. The van der Waals surface area contributed by atoms with Crippen LogP contribution in [0.3, 0.4) is 0 Å². The number of methoxy groups -OCH3 is 1. The van der Waals surface area contributed by atoms with Gasteiger partial charge in [0.2, 0.25) is 0 Å². The average molecular weight is 550 g/mol. The first-order valence-corrected chi connectivity index (χ1v) is 15.1. The van der Waals surface area contributed by atoms with Gasteiger partial charge in [-0.05, 0) is 48.8 Å². The number of likely N-dealkylation sites (tertiary alicyclic amines) is 1. The Hall–Kier alpha value is -1.99. The van der Waals surface area contributed by atoms with Gasteiger partial charge in [-0.25, -0.2) is 9.59 Å². The van der Waals surface area contributed by atoms with E-state index < -0.39 is 6.09 Å². The quantitative estimate of drug-likeness (QED) is 0.276. The maximum absolute atomic E-state index is 13.6. The first-order valence-electron chi connectivity index (χ1n) is 14.7. The molecule has 2 fully saturated rings. The van der Waals surface area contributed by atoms with Crippen LogP contribution in [0.1, 0.15) is 89.7 Å². The molecule has 2 aliphatic rings. The molecule has 0 aromatic heterocycles. The minimum absolute atomic E-state index is 0.0552. The Morgan fingerprint density at radius 3 is 2.55 bits per heavy atom. The second-order valence-corrected chi connectivity index (χ2v) is 11.4. The van der Waals surface area contributed by atoms with Crippen molar-refractivity contribution in [3.8, 4) is 0 Å². The fraction of sp³-hybridized carbons (Fsp3) is 0.733. The lowest BCUT2D eigenvalue weighted by atomic mass is 9.80. The van der Waals surface area contributed by atoms with Crippen molar-refractivity contribution in [3.05, 3.63) is 34.9 Å². The first-order chi connectivity index (χ1) is 18.4. The highest BCUT2D eigenvalue weighted by atomic mass is 35.5. The summed E-state index contributed by atoms with van der Waals surface area (Å²) < 4.78 is 11.0. The maximum Gasteiger partial charge on any atom is 0.406 e. The summed E-state index contributed by atoms with van der Waals surface area (Å²) in [6.45, 7) is 6.56. The molecule has 1 aromatic carbocycles. The second-order valence-electron chi connectivity index (χ2n) is 11.0. The topological polar surface area (TPSA) is 79.9 Å². The van der Waals surface area contributed by atoms with Crippen molar-refractivity contribution >= 4 is 23.7 Å². The van der Waals surface area contributed by atoms with Crippen LogP contribution in [-0.4, -0.2) is 56.4 Å². The van der Waals surface area contributed by atoms with Crippen LogP contribution < -0.4 is 10.6 Å². The van der Waals surface area contributed by atoms with Gasteiger partial charge in [0.25, 0.3) is 0 Å². The molecule has 3 amide bonds. The highest BCUT2D eigenvalue weighted by Crippen LogP contribution is 2.35. The van der Waals surface area contributed by atoms with Crippen LogP contribution in [0, 0.1) is 17.8 Å². The summed E-state index contributed by atoms with van der Waals surface area (Å²) in [5.74, 6) is 1.37. The average Bonchev–Trinajstić information content (AvgIpc) is 2.94. The number of hydrogen-bond acceptors (Lipinski definition) is 4. The molecule has 0 spiro atoms. The summed E-state index contributed by atoms with van der Waals surface area (Å²) in [4.78, 5) is 27.0. The number of rotatable bonds is 12. The van der Waals surface area contributed by atoms with Gasteiger partial charge in [0, 0.05) is 36.6 Å². The number of nitrogens with zero attached hydrogens (tertiary/aromatic N) is 1. The molecule has 214 valence electrons. The summed E-state index contributed by atoms with van der Waals surface area (Å²) in [6.07, 6.45) is 11.0. The zero-order valence-electron chi connectivity index (χ0n) is 23.6. The van der Waals surface area contributed by atoms with Gasteiger partial charge in [0.1, 0.15) is 0 Å². The summed E-state index contributed by atoms with van der Waals surface area (Å²) in [6, 6.07) is 8.03. The number of ether oxygens (including phenoxy) is 2. The van der Waals surface area contributed by atoms with Crippen LogP contribution >= 0.6 is 11.6 Å². The Bertz CT molecular complexity index is 860. The summed E-state index contributed by atoms with van der Waals surface area (Å²) >= 11 is 6.32. The van der Waals surface area contributed by atoms with Gasteiger partial charge in [-0.3, -0.25) is 0 Å². The minimum Gasteiger partial charge on any atom is -0.453 e. The fourth-order valence-corrected chi connectivity index (χ4v) is 6.50. The molecular weight excluding hydrogens is 502 g/mol. The van der Waals surface area contributed by atoms with Gasteiger partial charge in [0.05, 0.1) is 19.8 Å². The lowest BCUT2D eigenvalue weighted by Gasteiger charge is -2.39. The summed E-state index contributed by atoms with van der Waals surface area (Å²) in [7, 11) is 1.34. The number of hydrogen-bond donors (Lipinski definition) is 2. The fourth-order valence-electron chi connectivity index (χ4n) is 6.30. The van der Waals surface area contributed by atoms with Crippen LogP contribution in [0.4, 0.5) is 9.59 Å². The molecule has 38 heavy (non-hydrogen) atoms. The molecule has 2 N–H and O–H groups in total. The van der Waals surface area contributed by atoms with E-state index in [2.05, 4.69) is 29.2 Å². The Morgan fingerprint density at radius 2 is 1.87 bits per heavy atom. The van der Waals surface area contributed by atoms with Crippen molar-refractivity contribution in [3.63, 3.8) is 0 Å². The molecule has 1 aliphatic heterocycles. The molecule has 1 saturated heterocycles. The molecule has 1 heterocycles. The first kappa shape index (κ1) is 30.6. The largest absolute Gasteiger partial charge is 0.453 e. The van der Waals surface area contributed by atoms with Crippen LogP contribution in [0.15, 0.2) is 24.3 Å². The van der Waals surface area contributed by atoms with Crippen molar-refractivity contribution in [2.24, 2.45) is 17.8 Å². The Kier molecular flexibility index (Phi) is 13.0. The third-order valence-electron chi connectivity index (χ3n) is 8.44. The van der Waals surface area contributed by atoms with E-state index in [0.29, 0.717) is 30.6 Å². The van der Waals surface area contributed by atoms with E-state index in [9.17, 15) is 9.59 Å². The third-order valence-corrected chi connectivity index (χ3v) is 8.68. The van der Waals surface area contributed by atoms with E-state index in [0.717, 1.165) is 50.1 Å². The molecule has 1 aliphatic carbocycles. The third kappa shape index (κ3) is 9.33. The van der Waals surface area contributed by atoms with E-state index in [4.69, 9.17) is 16.3 Å². The molecule has 0 unspecified atom stereocenters. The SMILES string of the molecule is CCC(CC)[C@H](CC1CCCCC1)NC(=O)N1CCC[C@@H]([C@@H](OCCNC(=O)OC)c2cccc(Cl)c2)C1. The van der Waals surface area contributed by atoms with Gasteiger partial charge in [-0.15, -0.1) is 0 Å². The maximum atomic E-state index is 13.6. The number of alkyl carbamates (subject to hydrolysis) is 1. The van der Waals surface area contributed by atoms with Crippen LogP contribution in [0.5, 0.6) is 0 Å². The molecule has 7 nitrogen and oxygen atoms in total. The number of benzene rings is 1. The molecular formula is C30H48ClN3O4. The minimum atomic E-state index is -0.478. The van der Waals surface area contributed by atoms with Crippen LogP contribution in [0.2, 0.25) is 5.02 Å². The predicted octanol–water partition coefficient (Wildman–Crippen LogP) is 6.95. The number of amides is 3. The zero-order valence-corrected chi connectivity index (χ0v) is 24.3. The number of halogens is 1. The molecule has 1 saturated carbocycles. The normalized spacial score (nSPS) is 20.1.